The molecule has 0 saturated carbocycles. The average molecular weight is 440 g/mol. The molecule has 4 nitrogen and oxygen atoms in total. The number of pyridine rings is 1. The van der Waals surface area contributed by atoms with Crippen LogP contribution in [0.5, 0.6) is 0 Å². The number of hydrogen-bond acceptors (Lipinski definition) is 3. The van der Waals surface area contributed by atoms with Gasteiger partial charge in [0.15, 0.2) is 0 Å². The second kappa shape index (κ2) is 9.48. The van der Waals surface area contributed by atoms with Crippen LogP contribution in [-0.4, -0.2) is 41.5 Å². The van der Waals surface area contributed by atoms with Crippen molar-refractivity contribution in [3.63, 3.8) is 0 Å². The Morgan fingerprint density at radius 3 is 2.52 bits per heavy atom. The summed E-state index contributed by atoms with van der Waals surface area (Å²) >= 11 is 0. The molecule has 2 aromatic carbocycles. The van der Waals surface area contributed by atoms with Crippen molar-refractivity contribution >= 4 is 11.6 Å². The molecular weight excluding hydrogens is 406 g/mol. The van der Waals surface area contributed by atoms with E-state index in [4.69, 9.17) is 0 Å². The van der Waals surface area contributed by atoms with Crippen LogP contribution in [-0.2, 0) is 6.42 Å². The smallest absolute Gasteiger partial charge is 0.258 e. The van der Waals surface area contributed by atoms with Crippen molar-refractivity contribution in [3.05, 3.63) is 83.7 Å². The van der Waals surface area contributed by atoms with Crippen molar-refractivity contribution in [3.8, 4) is 11.1 Å². The molecule has 2 unspecified atom stereocenters. The maximum atomic E-state index is 13.5. The maximum Gasteiger partial charge on any atom is 0.258 e. The van der Waals surface area contributed by atoms with Gasteiger partial charge in [0.05, 0.1) is 0 Å². The summed E-state index contributed by atoms with van der Waals surface area (Å²) in [5, 5.41) is 0. The third-order valence-electron chi connectivity index (χ3n) is 7.21. The van der Waals surface area contributed by atoms with Crippen molar-refractivity contribution < 1.29 is 4.79 Å². The third-order valence-corrected chi connectivity index (χ3v) is 7.21. The summed E-state index contributed by atoms with van der Waals surface area (Å²) in [7, 11) is 0. The molecule has 0 spiro atoms. The fraction of sp³-hybridized carbons (Fsp3) is 0.379. The molecule has 0 saturated heterocycles. The zero-order chi connectivity index (χ0) is 22.8. The highest BCUT2D eigenvalue weighted by Crippen LogP contribution is 2.48. The number of benzene rings is 2. The Hall–Kier alpha value is -2.98. The van der Waals surface area contributed by atoms with Crippen LogP contribution in [0.15, 0.2) is 67.0 Å². The second-order valence-corrected chi connectivity index (χ2v) is 9.37. The highest BCUT2D eigenvalue weighted by molar-refractivity contribution is 6.08. The minimum absolute atomic E-state index is 0.108. The minimum atomic E-state index is 0.108. The molecule has 3 aromatic rings. The van der Waals surface area contributed by atoms with Gasteiger partial charge < -0.3 is 9.80 Å². The van der Waals surface area contributed by atoms with Crippen LogP contribution in [0, 0.1) is 0 Å². The molecule has 5 rings (SSSR count). The number of rotatable bonds is 7. The molecule has 2 atom stereocenters. The number of aromatic nitrogens is 1. The molecular formula is C29H33N3O. The molecule has 33 heavy (non-hydrogen) atoms. The summed E-state index contributed by atoms with van der Waals surface area (Å²) in [5.74, 6) is 0.492. The van der Waals surface area contributed by atoms with Gasteiger partial charge in [-0.05, 0) is 79.7 Å². The quantitative estimate of drug-likeness (QED) is 0.458. The number of carbonyl (C=O) groups excluding carboxylic acids is 1. The van der Waals surface area contributed by atoms with Gasteiger partial charge in [-0.15, -0.1) is 0 Å². The Bertz CT molecular complexity index is 1110. The lowest BCUT2D eigenvalue weighted by atomic mass is 9.77. The number of carbonyl (C=O) groups is 1. The molecule has 0 radical (unpaired) electrons. The van der Waals surface area contributed by atoms with Crippen LogP contribution in [0.4, 0.5) is 5.69 Å². The molecule has 1 aliphatic heterocycles. The van der Waals surface area contributed by atoms with Gasteiger partial charge in [-0.25, -0.2) is 0 Å². The maximum absolute atomic E-state index is 13.5. The van der Waals surface area contributed by atoms with Crippen LogP contribution in [0.2, 0.25) is 0 Å². The summed E-state index contributed by atoms with van der Waals surface area (Å²) in [6.45, 7) is 7.59. The first-order valence-corrected chi connectivity index (χ1v) is 12.4. The van der Waals surface area contributed by atoms with E-state index in [1.165, 1.54) is 35.1 Å². The van der Waals surface area contributed by atoms with Gasteiger partial charge in [0.25, 0.3) is 5.91 Å². The topological polar surface area (TPSA) is 36.4 Å². The van der Waals surface area contributed by atoms with Crippen molar-refractivity contribution in [2.45, 2.75) is 51.5 Å². The Kier molecular flexibility index (Phi) is 6.28. The van der Waals surface area contributed by atoms with Crippen LogP contribution < -0.4 is 4.90 Å². The normalized spacial score (nSPS) is 19.1. The fourth-order valence-electron chi connectivity index (χ4n) is 5.86. The molecule has 0 bridgehead atoms. The number of amides is 1. The molecule has 1 amide bonds. The van der Waals surface area contributed by atoms with Crippen LogP contribution in [0.25, 0.3) is 11.1 Å². The third kappa shape index (κ3) is 4.08. The van der Waals surface area contributed by atoms with E-state index in [-0.39, 0.29) is 5.91 Å². The lowest BCUT2D eigenvalue weighted by molar-refractivity contribution is 0.0986. The van der Waals surface area contributed by atoms with Gasteiger partial charge in [-0.2, -0.15) is 0 Å². The van der Waals surface area contributed by atoms with Crippen molar-refractivity contribution in [2.75, 3.05) is 24.5 Å². The van der Waals surface area contributed by atoms with Gasteiger partial charge >= 0.3 is 0 Å². The van der Waals surface area contributed by atoms with E-state index in [1.54, 1.807) is 0 Å². The predicted molar refractivity (Wildman–Crippen MR) is 135 cm³/mol. The van der Waals surface area contributed by atoms with Crippen LogP contribution in [0.3, 0.4) is 0 Å². The number of anilines is 1. The molecule has 1 aliphatic carbocycles. The first kappa shape index (κ1) is 21.8. The summed E-state index contributed by atoms with van der Waals surface area (Å²) < 4.78 is 0. The first-order chi connectivity index (χ1) is 16.2. The van der Waals surface area contributed by atoms with E-state index in [1.807, 2.05) is 53.7 Å². The molecule has 2 aliphatic rings. The molecule has 1 aromatic heterocycles. The van der Waals surface area contributed by atoms with Crippen molar-refractivity contribution in [1.29, 1.82) is 0 Å². The van der Waals surface area contributed by atoms with E-state index in [0.29, 0.717) is 12.0 Å². The standard InChI is InChI=1S/C29H33N3O/c1-3-15-31(16-4-2)24-17-23-20-32(29(33)21-9-6-5-7-10-21)27-13-12-25(26(18-24)28(23)27)22-11-8-14-30-19-22/h5-14,19,23-24H,3-4,15-18,20H2,1-2H3. The van der Waals surface area contributed by atoms with E-state index >= 15 is 0 Å². The minimum Gasteiger partial charge on any atom is -0.307 e. The van der Waals surface area contributed by atoms with Crippen LogP contribution >= 0.6 is 0 Å². The molecule has 2 heterocycles. The van der Waals surface area contributed by atoms with E-state index < -0.39 is 0 Å². The van der Waals surface area contributed by atoms with Gasteiger partial charge in [0, 0.05) is 47.7 Å². The summed E-state index contributed by atoms with van der Waals surface area (Å²) in [4.78, 5) is 22.6. The summed E-state index contributed by atoms with van der Waals surface area (Å²) in [5.41, 5.74) is 7.12. The Morgan fingerprint density at radius 1 is 1.03 bits per heavy atom. The van der Waals surface area contributed by atoms with E-state index in [9.17, 15) is 4.79 Å². The monoisotopic (exact) mass is 439 g/mol. The SMILES string of the molecule is CCCN(CCC)C1Cc2c(-c3cccnc3)ccc3c2C(C1)CN3C(=O)c1ccccc1. The fourth-order valence-corrected chi connectivity index (χ4v) is 5.86. The zero-order valence-corrected chi connectivity index (χ0v) is 19.7. The molecule has 0 N–H and O–H groups in total. The van der Waals surface area contributed by atoms with Gasteiger partial charge in [0.2, 0.25) is 0 Å². The lowest BCUT2D eigenvalue weighted by Crippen LogP contribution is -2.41. The van der Waals surface area contributed by atoms with Crippen LogP contribution in [0.1, 0.15) is 60.5 Å². The largest absolute Gasteiger partial charge is 0.307 e. The predicted octanol–water partition coefficient (Wildman–Crippen LogP) is 5.93. The zero-order valence-electron chi connectivity index (χ0n) is 19.7. The first-order valence-electron chi connectivity index (χ1n) is 12.4. The van der Waals surface area contributed by atoms with Crippen molar-refractivity contribution in [1.82, 2.24) is 9.88 Å². The average Bonchev–Trinajstić information content (AvgIpc) is 3.24. The summed E-state index contributed by atoms with van der Waals surface area (Å²) in [6, 6.07) is 18.8. The Balaban J connectivity index is 1.58. The highest BCUT2D eigenvalue weighted by Gasteiger charge is 2.41. The second-order valence-electron chi connectivity index (χ2n) is 9.37. The Labute approximate surface area is 197 Å². The lowest BCUT2D eigenvalue weighted by Gasteiger charge is -2.38. The molecule has 0 fully saturated rings. The highest BCUT2D eigenvalue weighted by atomic mass is 16.2. The molecule has 170 valence electrons. The molecule has 4 heteroatoms. The van der Waals surface area contributed by atoms with Crippen molar-refractivity contribution in [2.24, 2.45) is 0 Å². The van der Waals surface area contributed by atoms with Gasteiger partial charge in [-0.1, -0.05) is 44.2 Å². The van der Waals surface area contributed by atoms with Gasteiger partial charge in [-0.3, -0.25) is 9.78 Å². The summed E-state index contributed by atoms with van der Waals surface area (Å²) in [6.07, 6.45) is 8.30. The van der Waals surface area contributed by atoms with E-state index in [2.05, 4.69) is 41.9 Å². The van der Waals surface area contributed by atoms with Gasteiger partial charge in [0.1, 0.15) is 0 Å². The number of hydrogen-bond donors (Lipinski definition) is 0. The number of nitrogens with zero attached hydrogens (tertiary/aromatic N) is 3. The van der Waals surface area contributed by atoms with E-state index in [0.717, 1.165) is 43.7 Å². The Morgan fingerprint density at radius 2 is 1.82 bits per heavy atom.